The maximum absolute atomic E-state index is 12.5. The van der Waals surface area contributed by atoms with E-state index in [0.717, 1.165) is 0 Å². The summed E-state index contributed by atoms with van der Waals surface area (Å²) in [5.74, 6) is 0. The molecule has 96 valence electrons. The number of aryl methyl sites for hydroxylation is 1. The van der Waals surface area contributed by atoms with Crippen LogP contribution in [0.2, 0.25) is 0 Å². The number of hydrogen-bond donors (Lipinski definition) is 1. The number of aromatic amines is 1. The minimum Gasteiger partial charge on any atom is -0.378 e. The molecule has 0 saturated carbocycles. The van der Waals surface area contributed by atoms with Gasteiger partial charge in [0.15, 0.2) is 0 Å². The van der Waals surface area contributed by atoms with Crippen LogP contribution in [0.1, 0.15) is 19.5 Å². The molecule has 2 heterocycles. The number of aromatic nitrogens is 2. The van der Waals surface area contributed by atoms with Gasteiger partial charge in [-0.15, -0.1) is 0 Å². The highest BCUT2D eigenvalue weighted by atomic mass is 32.2. The van der Waals surface area contributed by atoms with E-state index in [1.165, 1.54) is 10.5 Å². The van der Waals surface area contributed by atoms with Crippen molar-refractivity contribution in [2.24, 2.45) is 0 Å². The lowest BCUT2D eigenvalue weighted by atomic mass is 10.1. The van der Waals surface area contributed by atoms with Gasteiger partial charge in [0.05, 0.1) is 30.6 Å². The minimum absolute atomic E-state index is 0.243. The standard InChI is InChI=1S/C10H17N3O3S/c1-8-9(6-11-12-8)17(14,15)13-4-5-16-7-10(13,2)3/h6H,4-5,7H2,1-3H3,(H,11,12). The summed E-state index contributed by atoms with van der Waals surface area (Å²) in [6.45, 7) is 6.63. The fourth-order valence-corrected chi connectivity index (χ4v) is 3.88. The van der Waals surface area contributed by atoms with Crippen molar-refractivity contribution in [1.82, 2.24) is 14.5 Å². The zero-order valence-electron chi connectivity index (χ0n) is 10.2. The summed E-state index contributed by atoms with van der Waals surface area (Å²) >= 11 is 0. The number of sulfonamides is 1. The Bertz CT molecular complexity index is 507. The summed E-state index contributed by atoms with van der Waals surface area (Å²) in [6.07, 6.45) is 1.36. The van der Waals surface area contributed by atoms with E-state index in [-0.39, 0.29) is 4.90 Å². The van der Waals surface area contributed by atoms with Crippen LogP contribution in [-0.2, 0) is 14.8 Å². The van der Waals surface area contributed by atoms with Crippen molar-refractivity contribution in [3.05, 3.63) is 11.9 Å². The monoisotopic (exact) mass is 259 g/mol. The van der Waals surface area contributed by atoms with Crippen LogP contribution in [0, 0.1) is 6.92 Å². The maximum Gasteiger partial charge on any atom is 0.247 e. The van der Waals surface area contributed by atoms with E-state index in [9.17, 15) is 8.42 Å². The first-order valence-corrected chi connectivity index (χ1v) is 6.90. The van der Waals surface area contributed by atoms with Crippen LogP contribution in [0.5, 0.6) is 0 Å². The Kier molecular flexibility index (Phi) is 3.01. The Morgan fingerprint density at radius 2 is 2.24 bits per heavy atom. The fraction of sp³-hybridized carbons (Fsp3) is 0.700. The Morgan fingerprint density at radius 3 is 2.76 bits per heavy atom. The average Bonchev–Trinajstić information content (AvgIpc) is 2.64. The third-order valence-corrected chi connectivity index (χ3v) is 5.15. The summed E-state index contributed by atoms with van der Waals surface area (Å²) in [6, 6.07) is 0. The summed E-state index contributed by atoms with van der Waals surface area (Å²) in [7, 11) is -3.50. The Labute approximate surface area is 101 Å². The molecule has 1 N–H and O–H groups in total. The van der Waals surface area contributed by atoms with Gasteiger partial charge in [0.1, 0.15) is 4.90 Å². The van der Waals surface area contributed by atoms with Gasteiger partial charge in [-0.25, -0.2) is 8.42 Å². The van der Waals surface area contributed by atoms with Gasteiger partial charge in [0.25, 0.3) is 0 Å². The highest BCUT2D eigenvalue weighted by Gasteiger charge is 2.40. The minimum atomic E-state index is -3.50. The maximum atomic E-state index is 12.5. The molecule has 0 amide bonds. The zero-order chi connectivity index (χ0) is 12.7. The first-order valence-electron chi connectivity index (χ1n) is 5.46. The molecule has 0 aliphatic carbocycles. The number of morpholine rings is 1. The number of nitrogens with one attached hydrogen (secondary N) is 1. The number of nitrogens with zero attached hydrogens (tertiary/aromatic N) is 2. The normalized spacial score (nSPS) is 21.6. The van der Waals surface area contributed by atoms with E-state index in [1.54, 1.807) is 6.92 Å². The quantitative estimate of drug-likeness (QED) is 0.840. The number of H-pyrrole nitrogens is 1. The molecule has 0 aromatic carbocycles. The van der Waals surface area contributed by atoms with E-state index < -0.39 is 15.6 Å². The van der Waals surface area contributed by atoms with E-state index in [2.05, 4.69) is 10.2 Å². The van der Waals surface area contributed by atoms with E-state index in [4.69, 9.17) is 4.74 Å². The molecule has 2 rings (SSSR count). The molecule has 0 atom stereocenters. The molecular formula is C10H17N3O3S. The summed E-state index contributed by atoms with van der Waals surface area (Å²) < 4.78 is 31.8. The molecule has 0 spiro atoms. The molecule has 1 aromatic heterocycles. The molecule has 0 bridgehead atoms. The van der Waals surface area contributed by atoms with Crippen LogP contribution < -0.4 is 0 Å². The van der Waals surface area contributed by atoms with Gasteiger partial charge in [0.2, 0.25) is 10.0 Å². The van der Waals surface area contributed by atoms with Gasteiger partial charge in [-0.1, -0.05) is 0 Å². The van der Waals surface area contributed by atoms with Gasteiger partial charge >= 0.3 is 0 Å². The topological polar surface area (TPSA) is 75.3 Å². The molecule has 1 aromatic rings. The second kappa shape index (κ2) is 4.08. The van der Waals surface area contributed by atoms with Crippen molar-refractivity contribution in [3.63, 3.8) is 0 Å². The van der Waals surface area contributed by atoms with Gasteiger partial charge in [-0.05, 0) is 20.8 Å². The van der Waals surface area contributed by atoms with Crippen molar-refractivity contribution in [1.29, 1.82) is 0 Å². The number of rotatable bonds is 2. The van der Waals surface area contributed by atoms with E-state index in [1.807, 2.05) is 13.8 Å². The molecule has 17 heavy (non-hydrogen) atoms. The smallest absolute Gasteiger partial charge is 0.247 e. The second-order valence-corrected chi connectivity index (χ2v) is 6.63. The van der Waals surface area contributed by atoms with Crippen molar-refractivity contribution >= 4 is 10.0 Å². The molecule has 1 aliphatic rings. The summed E-state index contributed by atoms with van der Waals surface area (Å²) in [4.78, 5) is 0.243. The van der Waals surface area contributed by atoms with Crippen LogP contribution in [0.3, 0.4) is 0 Å². The van der Waals surface area contributed by atoms with Crippen molar-refractivity contribution in [2.45, 2.75) is 31.2 Å². The van der Waals surface area contributed by atoms with Crippen LogP contribution in [0.15, 0.2) is 11.1 Å². The molecule has 7 heteroatoms. The van der Waals surface area contributed by atoms with Gasteiger partial charge in [-0.2, -0.15) is 9.40 Å². The summed E-state index contributed by atoms with van der Waals surface area (Å²) in [5, 5.41) is 6.42. The lowest BCUT2D eigenvalue weighted by Crippen LogP contribution is -2.55. The third-order valence-electron chi connectivity index (χ3n) is 2.92. The third kappa shape index (κ3) is 2.10. The van der Waals surface area contributed by atoms with Gasteiger partial charge in [0, 0.05) is 6.54 Å². The molecule has 6 nitrogen and oxygen atoms in total. The molecule has 1 fully saturated rings. The van der Waals surface area contributed by atoms with E-state index >= 15 is 0 Å². The van der Waals surface area contributed by atoms with Gasteiger partial charge < -0.3 is 4.74 Å². The second-order valence-electron chi connectivity index (χ2n) is 4.80. The Morgan fingerprint density at radius 1 is 1.53 bits per heavy atom. The number of hydrogen-bond acceptors (Lipinski definition) is 4. The first-order chi connectivity index (χ1) is 7.86. The molecule has 1 saturated heterocycles. The van der Waals surface area contributed by atoms with Crippen LogP contribution in [-0.4, -0.2) is 48.2 Å². The van der Waals surface area contributed by atoms with Gasteiger partial charge in [-0.3, -0.25) is 5.10 Å². The lowest BCUT2D eigenvalue weighted by Gasteiger charge is -2.40. The highest BCUT2D eigenvalue weighted by Crippen LogP contribution is 2.27. The molecule has 0 radical (unpaired) electrons. The van der Waals surface area contributed by atoms with E-state index in [0.29, 0.717) is 25.5 Å². The predicted octanol–water partition coefficient (Wildman–Crippen LogP) is 0.518. The summed E-state index contributed by atoms with van der Waals surface area (Å²) in [5.41, 5.74) is 0.0353. The van der Waals surface area contributed by atoms with Crippen LogP contribution in [0.25, 0.3) is 0 Å². The van der Waals surface area contributed by atoms with Crippen molar-refractivity contribution in [2.75, 3.05) is 19.8 Å². The van der Waals surface area contributed by atoms with Crippen molar-refractivity contribution in [3.8, 4) is 0 Å². The van der Waals surface area contributed by atoms with Crippen LogP contribution >= 0.6 is 0 Å². The average molecular weight is 259 g/mol. The highest BCUT2D eigenvalue weighted by molar-refractivity contribution is 7.89. The zero-order valence-corrected chi connectivity index (χ0v) is 11.0. The Hall–Kier alpha value is -0.920. The van der Waals surface area contributed by atoms with Crippen LogP contribution in [0.4, 0.5) is 0 Å². The first kappa shape index (κ1) is 12.5. The molecule has 0 unspecified atom stereocenters. The van der Waals surface area contributed by atoms with Crippen molar-refractivity contribution < 1.29 is 13.2 Å². The molecular weight excluding hydrogens is 242 g/mol. The number of ether oxygens (including phenoxy) is 1. The lowest BCUT2D eigenvalue weighted by molar-refractivity contribution is -0.00772. The SMILES string of the molecule is Cc1[nH]ncc1S(=O)(=O)N1CCOCC1(C)C. The predicted molar refractivity (Wildman–Crippen MR) is 62.1 cm³/mol. The fourth-order valence-electron chi connectivity index (χ4n) is 2.01. The largest absolute Gasteiger partial charge is 0.378 e. The molecule has 1 aliphatic heterocycles. The Balaban J connectivity index is 2.42.